The number of aromatic hydroxyl groups is 1. The van der Waals surface area contributed by atoms with Crippen LogP contribution < -0.4 is 10.6 Å². The second-order valence-corrected chi connectivity index (χ2v) is 7.54. The standard InChI is InChI=1S/C24H17ClN2O3S/c25-17-6-4-15(5-7-17)22-12-9-19(30-22)10-13-23(29)27-24(31)26-21-3-1-2-16-14-18(28)8-11-20(16)21/h1-14,28H,(H2,26,27,29,31). The van der Waals surface area contributed by atoms with E-state index in [-0.39, 0.29) is 16.8 Å². The molecule has 0 saturated heterocycles. The van der Waals surface area contributed by atoms with E-state index < -0.39 is 0 Å². The summed E-state index contributed by atoms with van der Waals surface area (Å²) in [5.74, 6) is 1.01. The van der Waals surface area contributed by atoms with Crippen LogP contribution in [0.2, 0.25) is 5.02 Å². The highest BCUT2D eigenvalue weighted by Gasteiger charge is 2.07. The van der Waals surface area contributed by atoms with E-state index in [1.165, 1.54) is 6.08 Å². The second-order valence-electron chi connectivity index (χ2n) is 6.70. The summed E-state index contributed by atoms with van der Waals surface area (Å²) >= 11 is 11.2. The Kier molecular flexibility index (Phi) is 6.02. The number of hydrogen-bond donors (Lipinski definition) is 3. The van der Waals surface area contributed by atoms with Crippen molar-refractivity contribution in [1.82, 2.24) is 5.32 Å². The number of phenols is 1. The summed E-state index contributed by atoms with van der Waals surface area (Å²) in [4.78, 5) is 12.2. The third-order valence-electron chi connectivity index (χ3n) is 4.50. The number of carbonyl (C=O) groups is 1. The fourth-order valence-corrected chi connectivity index (χ4v) is 3.39. The van der Waals surface area contributed by atoms with Gasteiger partial charge < -0.3 is 14.8 Å². The number of thiocarbonyl (C=S) groups is 1. The highest BCUT2D eigenvalue weighted by atomic mass is 35.5. The molecule has 0 fully saturated rings. The number of amides is 1. The third-order valence-corrected chi connectivity index (χ3v) is 4.96. The third kappa shape index (κ3) is 5.12. The van der Waals surface area contributed by atoms with Crippen LogP contribution in [0.4, 0.5) is 5.69 Å². The lowest BCUT2D eigenvalue weighted by Crippen LogP contribution is -2.32. The van der Waals surface area contributed by atoms with Gasteiger partial charge in [-0.15, -0.1) is 0 Å². The van der Waals surface area contributed by atoms with E-state index in [9.17, 15) is 9.90 Å². The molecule has 0 atom stereocenters. The molecule has 0 bridgehead atoms. The minimum absolute atomic E-state index is 0.163. The van der Waals surface area contributed by atoms with Gasteiger partial charge in [-0.25, -0.2) is 0 Å². The van der Waals surface area contributed by atoms with Crippen molar-refractivity contribution in [3.8, 4) is 17.1 Å². The number of hydrogen-bond acceptors (Lipinski definition) is 4. The number of halogens is 1. The van der Waals surface area contributed by atoms with Gasteiger partial charge in [0.25, 0.3) is 0 Å². The van der Waals surface area contributed by atoms with E-state index in [2.05, 4.69) is 10.6 Å². The first kappa shape index (κ1) is 20.7. The van der Waals surface area contributed by atoms with Crippen molar-refractivity contribution >= 4 is 57.4 Å². The van der Waals surface area contributed by atoms with E-state index in [0.717, 1.165) is 22.0 Å². The van der Waals surface area contributed by atoms with E-state index >= 15 is 0 Å². The van der Waals surface area contributed by atoms with Crippen molar-refractivity contribution in [1.29, 1.82) is 0 Å². The Morgan fingerprint density at radius 3 is 2.65 bits per heavy atom. The maximum atomic E-state index is 12.2. The van der Waals surface area contributed by atoms with Crippen LogP contribution in [-0.2, 0) is 4.79 Å². The Hall–Kier alpha value is -3.61. The number of fused-ring (bicyclic) bond motifs is 1. The van der Waals surface area contributed by atoms with Gasteiger partial charge in [-0.3, -0.25) is 10.1 Å². The summed E-state index contributed by atoms with van der Waals surface area (Å²) in [6.45, 7) is 0. The van der Waals surface area contributed by atoms with Gasteiger partial charge in [0.05, 0.1) is 0 Å². The highest BCUT2D eigenvalue weighted by molar-refractivity contribution is 7.80. The van der Waals surface area contributed by atoms with Gasteiger partial charge in [-0.05, 0) is 84.3 Å². The summed E-state index contributed by atoms with van der Waals surface area (Å²) in [6.07, 6.45) is 2.91. The van der Waals surface area contributed by atoms with Crippen LogP contribution in [0.3, 0.4) is 0 Å². The molecule has 0 aliphatic heterocycles. The minimum atomic E-state index is -0.389. The molecular formula is C24H17ClN2O3S. The minimum Gasteiger partial charge on any atom is -0.508 e. The molecule has 1 amide bonds. The predicted molar refractivity (Wildman–Crippen MR) is 128 cm³/mol. The van der Waals surface area contributed by atoms with Crippen LogP contribution in [-0.4, -0.2) is 16.1 Å². The molecule has 31 heavy (non-hydrogen) atoms. The van der Waals surface area contributed by atoms with Crippen molar-refractivity contribution in [3.05, 3.63) is 89.7 Å². The number of rotatable bonds is 4. The monoisotopic (exact) mass is 448 g/mol. The largest absolute Gasteiger partial charge is 0.508 e. The van der Waals surface area contributed by atoms with Crippen LogP contribution in [0.15, 0.2) is 83.3 Å². The van der Waals surface area contributed by atoms with Crippen molar-refractivity contribution in [2.45, 2.75) is 0 Å². The second kappa shape index (κ2) is 9.04. The van der Waals surface area contributed by atoms with E-state index in [4.69, 9.17) is 28.2 Å². The van der Waals surface area contributed by atoms with Crippen LogP contribution in [0.25, 0.3) is 28.2 Å². The molecule has 0 aliphatic rings. The molecule has 0 radical (unpaired) electrons. The number of furan rings is 1. The maximum absolute atomic E-state index is 12.2. The smallest absolute Gasteiger partial charge is 0.250 e. The first-order valence-corrected chi connectivity index (χ1v) is 10.1. The number of anilines is 1. The topological polar surface area (TPSA) is 74.5 Å². The van der Waals surface area contributed by atoms with Gasteiger partial charge in [-0.2, -0.15) is 0 Å². The van der Waals surface area contributed by atoms with E-state index in [0.29, 0.717) is 16.5 Å². The highest BCUT2D eigenvalue weighted by Crippen LogP contribution is 2.27. The Morgan fingerprint density at radius 2 is 1.84 bits per heavy atom. The Balaban J connectivity index is 1.38. The van der Waals surface area contributed by atoms with Gasteiger partial charge in [0, 0.05) is 27.7 Å². The quantitative estimate of drug-likeness (QED) is 0.264. The molecular weight excluding hydrogens is 432 g/mol. The summed E-state index contributed by atoms with van der Waals surface area (Å²) in [6, 6.07) is 21.5. The SMILES string of the molecule is O=C(C=Cc1ccc(-c2ccc(Cl)cc2)o1)NC(=S)Nc1cccc2cc(O)ccc12. The van der Waals surface area contributed by atoms with E-state index in [1.54, 1.807) is 42.5 Å². The molecule has 3 N–H and O–H groups in total. The first-order valence-electron chi connectivity index (χ1n) is 9.35. The maximum Gasteiger partial charge on any atom is 0.250 e. The van der Waals surface area contributed by atoms with Crippen LogP contribution >= 0.6 is 23.8 Å². The molecule has 1 heterocycles. The zero-order chi connectivity index (χ0) is 21.8. The summed E-state index contributed by atoms with van der Waals surface area (Å²) < 4.78 is 5.74. The van der Waals surface area contributed by atoms with Crippen molar-refractivity contribution < 1.29 is 14.3 Å². The van der Waals surface area contributed by atoms with Crippen molar-refractivity contribution in [3.63, 3.8) is 0 Å². The number of benzene rings is 3. The molecule has 0 unspecified atom stereocenters. The normalized spacial score (nSPS) is 11.0. The average molecular weight is 449 g/mol. The molecule has 0 aliphatic carbocycles. The lowest BCUT2D eigenvalue weighted by molar-refractivity contribution is -0.115. The molecule has 5 nitrogen and oxygen atoms in total. The molecule has 4 aromatic rings. The van der Waals surface area contributed by atoms with Gasteiger partial charge in [-0.1, -0.05) is 23.7 Å². The number of phenolic OH excluding ortho intramolecular Hbond substituents is 1. The van der Waals surface area contributed by atoms with Gasteiger partial charge in [0.2, 0.25) is 5.91 Å². The first-order chi connectivity index (χ1) is 15.0. The zero-order valence-corrected chi connectivity index (χ0v) is 17.7. The fraction of sp³-hybridized carbons (Fsp3) is 0. The summed E-state index contributed by atoms with van der Waals surface area (Å²) in [5, 5.41) is 17.8. The van der Waals surface area contributed by atoms with Gasteiger partial charge >= 0.3 is 0 Å². The van der Waals surface area contributed by atoms with Crippen LogP contribution in [0, 0.1) is 0 Å². The Morgan fingerprint density at radius 1 is 1.03 bits per heavy atom. The fourth-order valence-electron chi connectivity index (χ4n) is 3.06. The predicted octanol–water partition coefficient (Wildman–Crippen LogP) is 5.99. The number of nitrogens with one attached hydrogen (secondary N) is 2. The van der Waals surface area contributed by atoms with Gasteiger partial charge in [0.1, 0.15) is 17.3 Å². The Bertz CT molecular complexity index is 1300. The van der Waals surface area contributed by atoms with Crippen LogP contribution in [0.1, 0.15) is 5.76 Å². The molecule has 7 heteroatoms. The lowest BCUT2D eigenvalue weighted by atomic mass is 10.1. The number of carbonyl (C=O) groups excluding carboxylic acids is 1. The summed E-state index contributed by atoms with van der Waals surface area (Å²) in [5.41, 5.74) is 1.62. The van der Waals surface area contributed by atoms with Crippen molar-refractivity contribution in [2.75, 3.05) is 5.32 Å². The molecule has 1 aromatic heterocycles. The molecule has 154 valence electrons. The van der Waals surface area contributed by atoms with Gasteiger partial charge in [0.15, 0.2) is 5.11 Å². The zero-order valence-electron chi connectivity index (χ0n) is 16.1. The molecule has 4 rings (SSSR count). The molecule has 0 spiro atoms. The molecule has 0 saturated carbocycles. The average Bonchev–Trinajstić information content (AvgIpc) is 3.22. The summed E-state index contributed by atoms with van der Waals surface area (Å²) in [7, 11) is 0. The van der Waals surface area contributed by atoms with E-state index in [1.807, 2.05) is 36.4 Å². The Labute approximate surface area is 189 Å². The molecule has 3 aromatic carbocycles. The van der Waals surface area contributed by atoms with Crippen molar-refractivity contribution in [2.24, 2.45) is 0 Å². The van der Waals surface area contributed by atoms with Crippen LogP contribution in [0.5, 0.6) is 5.75 Å². The lowest BCUT2D eigenvalue weighted by Gasteiger charge is -2.11.